The molecule has 0 saturated carbocycles. The Labute approximate surface area is 118 Å². The molecule has 21 heavy (non-hydrogen) atoms. The molecule has 3 rings (SSSR count). The molecule has 0 bridgehead atoms. The first kappa shape index (κ1) is 13.7. The van der Waals surface area contributed by atoms with Gasteiger partial charge in [-0.15, -0.1) is 6.58 Å². The molecule has 2 aromatic rings. The minimum Gasteiger partial charge on any atom is -0.337 e. The van der Waals surface area contributed by atoms with Crippen LogP contribution in [0.15, 0.2) is 35.6 Å². The predicted octanol–water partition coefficient (Wildman–Crippen LogP) is 2.42. The molecule has 0 unspecified atom stereocenters. The molecule has 1 aromatic heterocycles. The van der Waals surface area contributed by atoms with E-state index in [0.717, 1.165) is 12.1 Å². The first-order chi connectivity index (χ1) is 9.91. The SMILES string of the molecule is C=CCN1CCn2c1nc1ccc(C(F)(F)F)cc1c2=O. The fourth-order valence-electron chi connectivity index (χ4n) is 2.48. The number of halogens is 3. The van der Waals surface area contributed by atoms with Crippen LogP contribution < -0.4 is 10.5 Å². The fraction of sp³-hybridized carbons (Fsp3) is 0.286. The van der Waals surface area contributed by atoms with Crippen molar-refractivity contribution in [2.75, 3.05) is 18.0 Å². The van der Waals surface area contributed by atoms with Crippen LogP contribution in [-0.4, -0.2) is 22.6 Å². The zero-order valence-corrected chi connectivity index (χ0v) is 11.0. The van der Waals surface area contributed by atoms with Crippen LogP contribution in [0.5, 0.6) is 0 Å². The molecule has 0 N–H and O–H groups in total. The molecule has 0 spiro atoms. The van der Waals surface area contributed by atoms with Crippen molar-refractivity contribution in [2.24, 2.45) is 0 Å². The second kappa shape index (κ2) is 4.61. The van der Waals surface area contributed by atoms with E-state index in [1.54, 1.807) is 6.08 Å². The Hall–Kier alpha value is -2.31. The first-order valence-corrected chi connectivity index (χ1v) is 6.39. The number of hydrogen-bond acceptors (Lipinski definition) is 3. The van der Waals surface area contributed by atoms with Gasteiger partial charge in [0.15, 0.2) is 0 Å². The lowest BCUT2D eigenvalue weighted by Crippen LogP contribution is -2.23. The number of hydrogen-bond donors (Lipinski definition) is 0. The first-order valence-electron chi connectivity index (χ1n) is 6.39. The Kier molecular flexibility index (Phi) is 3.00. The van der Waals surface area contributed by atoms with Crippen molar-refractivity contribution in [2.45, 2.75) is 12.7 Å². The molecule has 1 aliphatic rings. The summed E-state index contributed by atoms with van der Waals surface area (Å²) in [6.07, 6.45) is -2.78. The maximum absolute atomic E-state index is 12.7. The average Bonchev–Trinajstić information content (AvgIpc) is 2.82. The van der Waals surface area contributed by atoms with Gasteiger partial charge in [-0.3, -0.25) is 9.36 Å². The normalized spacial score (nSPS) is 14.5. The highest BCUT2D eigenvalue weighted by Crippen LogP contribution is 2.31. The van der Waals surface area contributed by atoms with Crippen LogP contribution in [0.2, 0.25) is 0 Å². The maximum atomic E-state index is 12.7. The fourth-order valence-corrected chi connectivity index (χ4v) is 2.48. The second-order valence-electron chi connectivity index (χ2n) is 4.83. The van der Waals surface area contributed by atoms with E-state index in [9.17, 15) is 18.0 Å². The average molecular weight is 295 g/mol. The third kappa shape index (κ3) is 2.18. The summed E-state index contributed by atoms with van der Waals surface area (Å²) in [5.41, 5.74) is -1.00. The zero-order chi connectivity index (χ0) is 15.2. The molecule has 110 valence electrons. The predicted molar refractivity (Wildman–Crippen MR) is 73.4 cm³/mol. The van der Waals surface area contributed by atoms with Crippen molar-refractivity contribution < 1.29 is 13.2 Å². The molecule has 0 fully saturated rings. The summed E-state index contributed by atoms with van der Waals surface area (Å²) in [6.45, 7) is 5.19. The van der Waals surface area contributed by atoms with Crippen molar-refractivity contribution in [3.05, 3.63) is 46.8 Å². The van der Waals surface area contributed by atoms with E-state index in [2.05, 4.69) is 11.6 Å². The van der Waals surface area contributed by atoms with Gasteiger partial charge < -0.3 is 4.90 Å². The number of anilines is 1. The van der Waals surface area contributed by atoms with Gasteiger partial charge in [0.05, 0.1) is 16.5 Å². The Morgan fingerprint density at radius 1 is 1.33 bits per heavy atom. The van der Waals surface area contributed by atoms with E-state index < -0.39 is 17.3 Å². The lowest BCUT2D eigenvalue weighted by molar-refractivity contribution is -0.137. The van der Waals surface area contributed by atoms with Gasteiger partial charge in [0, 0.05) is 19.6 Å². The Balaban J connectivity index is 2.22. The van der Waals surface area contributed by atoms with Gasteiger partial charge in [-0.05, 0) is 18.2 Å². The molecule has 7 heteroatoms. The Bertz CT molecular complexity index is 779. The van der Waals surface area contributed by atoms with E-state index in [0.29, 0.717) is 25.6 Å². The molecule has 0 amide bonds. The molecule has 0 aliphatic carbocycles. The van der Waals surface area contributed by atoms with Crippen LogP contribution in [0.3, 0.4) is 0 Å². The van der Waals surface area contributed by atoms with Crippen molar-refractivity contribution in [3.63, 3.8) is 0 Å². The maximum Gasteiger partial charge on any atom is 0.416 e. The molecule has 4 nitrogen and oxygen atoms in total. The van der Waals surface area contributed by atoms with Crippen molar-refractivity contribution in [1.29, 1.82) is 0 Å². The van der Waals surface area contributed by atoms with E-state index in [1.807, 2.05) is 4.90 Å². The quantitative estimate of drug-likeness (QED) is 0.799. The topological polar surface area (TPSA) is 38.1 Å². The summed E-state index contributed by atoms with van der Waals surface area (Å²) in [6, 6.07) is 3.05. The van der Waals surface area contributed by atoms with Gasteiger partial charge in [-0.2, -0.15) is 13.2 Å². The molecule has 0 radical (unpaired) electrons. The third-order valence-electron chi connectivity index (χ3n) is 3.49. The summed E-state index contributed by atoms with van der Waals surface area (Å²) in [5, 5.41) is -0.00553. The molecule has 1 aromatic carbocycles. The van der Waals surface area contributed by atoms with Gasteiger partial charge in [0.1, 0.15) is 0 Å². The van der Waals surface area contributed by atoms with Crippen molar-refractivity contribution in [3.8, 4) is 0 Å². The molecular weight excluding hydrogens is 283 g/mol. The van der Waals surface area contributed by atoms with E-state index in [4.69, 9.17) is 0 Å². The Morgan fingerprint density at radius 2 is 2.10 bits per heavy atom. The van der Waals surface area contributed by atoms with Crippen LogP contribution >= 0.6 is 0 Å². The van der Waals surface area contributed by atoms with Gasteiger partial charge in [0.2, 0.25) is 5.95 Å². The number of alkyl halides is 3. The van der Waals surface area contributed by atoms with Crippen LogP contribution in [-0.2, 0) is 12.7 Å². The summed E-state index contributed by atoms with van der Waals surface area (Å²) in [4.78, 5) is 18.5. The monoisotopic (exact) mass is 295 g/mol. The summed E-state index contributed by atoms with van der Waals surface area (Å²) in [7, 11) is 0. The second-order valence-corrected chi connectivity index (χ2v) is 4.83. The number of rotatable bonds is 2. The van der Waals surface area contributed by atoms with Gasteiger partial charge in [-0.1, -0.05) is 6.08 Å². The third-order valence-corrected chi connectivity index (χ3v) is 3.49. The van der Waals surface area contributed by atoms with E-state index in [1.165, 1.54) is 10.6 Å². The highest BCUT2D eigenvalue weighted by atomic mass is 19.4. The molecule has 1 aliphatic heterocycles. The lowest BCUT2D eigenvalue weighted by Gasteiger charge is -2.15. The van der Waals surface area contributed by atoms with Crippen LogP contribution in [0.4, 0.5) is 19.1 Å². The number of benzene rings is 1. The van der Waals surface area contributed by atoms with Gasteiger partial charge in [-0.25, -0.2) is 4.98 Å². The number of aromatic nitrogens is 2. The van der Waals surface area contributed by atoms with Gasteiger partial charge >= 0.3 is 6.18 Å². The van der Waals surface area contributed by atoms with Crippen LogP contribution in [0.25, 0.3) is 10.9 Å². The van der Waals surface area contributed by atoms with Crippen molar-refractivity contribution >= 4 is 16.9 Å². The minimum atomic E-state index is -4.47. The number of nitrogens with zero attached hydrogens (tertiary/aromatic N) is 3. The summed E-state index contributed by atoms with van der Waals surface area (Å²) >= 11 is 0. The van der Waals surface area contributed by atoms with Gasteiger partial charge in [0.25, 0.3) is 5.56 Å². The van der Waals surface area contributed by atoms with Crippen LogP contribution in [0.1, 0.15) is 5.56 Å². The van der Waals surface area contributed by atoms with E-state index in [-0.39, 0.29) is 10.9 Å². The standard InChI is InChI=1S/C14H12F3N3O/c1-2-5-19-6-7-20-12(21)10-8-9(14(15,16)17)3-4-11(10)18-13(19)20/h2-4,8H,1,5-7H2. The summed E-state index contributed by atoms with van der Waals surface area (Å²) in [5.74, 6) is 0.479. The van der Waals surface area contributed by atoms with E-state index >= 15 is 0 Å². The highest BCUT2D eigenvalue weighted by Gasteiger charge is 2.31. The Morgan fingerprint density at radius 3 is 2.76 bits per heavy atom. The minimum absolute atomic E-state index is 0.00553. The van der Waals surface area contributed by atoms with Crippen molar-refractivity contribution in [1.82, 2.24) is 9.55 Å². The van der Waals surface area contributed by atoms with Crippen LogP contribution in [0, 0.1) is 0 Å². The summed E-state index contributed by atoms with van der Waals surface area (Å²) < 4.78 is 39.6. The molecule has 0 atom stereocenters. The highest BCUT2D eigenvalue weighted by molar-refractivity contribution is 5.80. The smallest absolute Gasteiger partial charge is 0.337 e. The molecular formula is C14H12F3N3O. The molecule has 0 saturated heterocycles. The molecule has 2 heterocycles. The largest absolute Gasteiger partial charge is 0.416 e. The number of fused-ring (bicyclic) bond motifs is 2. The lowest BCUT2D eigenvalue weighted by atomic mass is 10.1. The zero-order valence-electron chi connectivity index (χ0n) is 11.0.